The van der Waals surface area contributed by atoms with Gasteiger partial charge in [-0.1, -0.05) is 196 Å². The Morgan fingerprint density at radius 1 is 0.405 bits per heavy atom. The largest absolute Gasteiger partial charge is 0.334 e. The van der Waals surface area contributed by atoms with Gasteiger partial charge in [-0.2, -0.15) is 0 Å². The van der Waals surface area contributed by atoms with Crippen LogP contribution in [0.2, 0.25) is 0 Å². The summed E-state index contributed by atoms with van der Waals surface area (Å²) < 4.78 is 2.63. The minimum atomic E-state index is -0.172. The first-order valence-corrected chi connectivity index (χ1v) is 32.2. The van der Waals surface area contributed by atoms with E-state index in [1.165, 1.54) is 165 Å². The van der Waals surface area contributed by atoms with Crippen LogP contribution >= 0.6 is 11.3 Å². The highest BCUT2D eigenvalue weighted by Crippen LogP contribution is 2.64. The molecule has 2 saturated carbocycles. The molecular weight excluding hydrogens is 1040 g/mol. The van der Waals surface area contributed by atoms with Crippen molar-refractivity contribution < 1.29 is 0 Å². The Kier molecular flexibility index (Phi) is 11.2. The summed E-state index contributed by atoms with van der Waals surface area (Å²) in [6.07, 6.45) is 9.54. The van der Waals surface area contributed by atoms with Crippen molar-refractivity contribution in [1.29, 1.82) is 0 Å². The average Bonchev–Trinajstić information content (AvgIpc) is 1.33. The van der Waals surface area contributed by atoms with E-state index >= 15 is 0 Å². The van der Waals surface area contributed by atoms with Gasteiger partial charge in [-0.3, -0.25) is 0 Å². The van der Waals surface area contributed by atoms with Crippen LogP contribution in [0.4, 0.5) is 56.9 Å². The lowest BCUT2D eigenvalue weighted by molar-refractivity contribution is 0.195. The molecule has 4 atom stereocenters. The van der Waals surface area contributed by atoms with Crippen LogP contribution < -0.4 is 36.0 Å². The summed E-state index contributed by atoms with van der Waals surface area (Å²) in [5.41, 5.74) is 24.3. The van der Waals surface area contributed by atoms with E-state index in [1.54, 1.807) is 0 Å². The number of benzene rings is 9. The second-order valence-corrected chi connectivity index (χ2v) is 29.8. The summed E-state index contributed by atoms with van der Waals surface area (Å²) in [7, 11) is 0. The monoisotopic (exact) mass is 1110 g/mol. The zero-order valence-electron chi connectivity index (χ0n) is 50.8. The van der Waals surface area contributed by atoms with Gasteiger partial charge in [0.15, 0.2) is 0 Å². The van der Waals surface area contributed by atoms with Gasteiger partial charge in [-0.15, -0.1) is 11.3 Å². The average molecular weight is 1110 g/mol. The maximum atomic E-state index is 2.84. The van der Waals surface area contributed by atoms with Crippen LogP contribution in [0.15, 0.2) is 188 Å². The van der Waals surface area contributed by atoms with Crippen LogP contribution in [0.1, 0.15) is 143 Å². The number of anilines is 10. The van der Waals surface area contributed by atoms with Gasteiger partial charge in [0, 0.05) is 82.1 Å². The predicted octanol–water partition coefficient (Wildman–Crippen LogP) is 19.9. The van der Waals surface area contributed by atoms with Gasteiger partial charge < -0.3 is 19.6 Å². The lowest BCUT2D eigenvalue weighted by atomic mass is 9.33. The molecule has 1 aromatic heterocycles. The first-order valence-electron chi connectivity index (χ1n) is 31.4. The molecule has 10 aromatic rings. The van der Waals surface area contributed by atoms with Crippen LogP contribution in [-0.2, 0) is 21.7 Å². The Labute approximate surface area is 502 Å². The van der Waals surface area contributed by atoms with Crippen LogP contribution in [0, 0.1) is 0 Å². The van der Waals surface area contributed by atoms with E-state index < -0.39 is 0 Å². The van der Waals surface area contributed by atoms with E-state index in [4.69, 9.17) is 0 Å². The molecule has 84 heavy (non-hydrogen) atoms. The summed E-state index contributed by atoms with van der Waals surface area (Å²) in [5.74, 6) is 0. The molecular formula is C78H77BN4S. The third kappa shape index (κ3) is 7.07. The molecule has 0 spiro atoms. The second-order valence-electron chi connectivity index (χ2n) is 28.7. The summed E-state index contributed by atoms with van der Waals surface area (Å²) >= 11 is 1.91. The molecule has 4 nitrogen and oxygen atoms in total. The van der Waals surface area contributed by atoms with E-state index in [-0.39, 0.29) is 39.5 Å². The summed E-state index contributed by atoms with van der Waals surface area (Å²) in [6.45, 7) is 24.5. The van der Waals surface area contributed by atoms with Gasteiger partial charge in [0.25, 0.3) is 6.71 Å². The minimum Gasteiger partial charge on any atom is -0.334 e. The molecule has 2 aliphatic carbocycles. The number of nitrogens with zero attached hydrogens (tertiary/aromatic N) is 4. The molecule has 4 unspecified atom stereocenters. The quantitative estimate of drug-likeness (QED) is 0.159. The van der Waals surface area contributed by atoms with E-state index in [1.807, 2.05) is 11.3 Å². The Hall–Kier alpha value is -7.54. The number of para-hydroxylation sites is 2. The molecule has 4 aliphatic heterocycles. The van der Waals surface area contributed by atoms with Crippen molar-refractivity contribution in [1.82, 2.24) is 0 Å². The number of thiophene rings is 1. The van der Waals surface area contributed by atoms with Crippen LogP contribution in [0.3, 0.4) is 0 Å². The fourth-order valence-corrected chi connectivity index (χ4v) is 18.5. The normalized spacial score (nSPS) is 23.0. The zero-order valence-corrected chi connectivity index (χ0v) is 51.6. The van der Waals surface area contributed by atoms with Gasteiger partial charge in [0.2, 0.25) is 0 Å². The highest BCUT2D eigenvalue weighted by Gasteiger charge is 2.60. The topological polar surface area (TPSA) is 13.0 Å². The van der Waals surface area contributed by atoms with Crippen molar-refractivity contribution in [3.63, 3.8) is 0 Å². The molecule has 6 aliphatic rings. The molecule has 16 rings (SSSR count). The van der Waals surface area contributed by atoms with Crippen LogP contribution in [-0.4, -0.2) is 17.8 Å². The lowest BCUT2D eigenvalue weighted by Crippen LogP contribution is -2.62. The SMILES string of the molecule is CC(C)(C)c1ccc(N2c3cc(N4c5ccccc5C5(C)CCCCC45C)ccc3B3c4ccc(C(C)(C)C)cc4N(c4cccc5sc6ccccc6c45)c4cc(N5c6ccccc6C6(C)CCCCC56C)cc2c43)c(-c2ccccc2)c1. The van der Waals surface area contributed by atoms with Gasteiger partial charge in [-0.25, -0.2) is 0 Å². The molecule has 0 radical (unpaired) electrons. The fourth-order valence-electron chi connectivity index (χ4n) is 17.4. The third-order valence-corrected chi connectivity index (χ3v) is 23.4. The van der Waals surface area contributed by atoms with Gasteiger partial charge >= 0.3 is 0 Å². The number of fused-ring (bicyclic) bond motifs is 13. The highest BCUT2D eigenvalue weighted by molar-refractivity contribution is 7.26. The van der Waals surface area contributed by atoms with Crippen molar-refractivity contribution in [2.24, 2.45) is 0 Å². The van der Waals surface area contributed by atoms with Crippen molar-refractivity contribution >= 4 is 111 Å². The van der Waals surface area contributed by atoms with Crippen molar-refractivity contribution in [3.05, 3.63) is 210 Å². The molecule has 0 bridgehead atoms. The molecule has 0 amide bonds. The first-order chi connectivity index (χ1) is 40.4. The van der Waals surface area contributed by atoms with E-state index in [0.717, 1.165) is 12.8 Å². The number of rotatable bonds is 5. The summed E-state index contributed by atoms with van der Waals surface area (Å²) in [5, 5.41) is 2.63. The third-order valence-electron chi connectivity index (χ3n) is 22.3. The first kappa shape index (κ1) is 52.1. The highest BCUT2D eigenvalue weighted by atomic mass is 32.1. The maximum absolute atomic E-state index is 2.84. The molecule has 6 heteroatoms. The van der Waals surface area contributed by atoms with Gasteiger partial charge in [0.05, 0.1) is 22.5 Å². The number of hydrogen-bond donors (Lipinski definition) is 0. The standard InChI is InChI=1S/C78H77BN4S/c1-73(2,3)51-36-40-61(56(45-51)50-25-12-11-13-26-50)80-66-47-53(82-62-30-17-15-28-57(62)75(7)41-20-22-43-77(75,82)9)37-39-60(66)79-59-38-35-52(74(4,5)6)46-65(59)81(64-32-24-34-70-71(64)55-27-14-19-33-69(55)84-70)68-49-54(48-67(80)72(68)79)83-63-31-18-16-29-58(63)76(8)42-21-23-44-78(76,83)10/h11-19,24-40,45-49H,20-23,41-44H2,1-10H3. The summed E-state index contributed by atoms with van der Waals surface area (Å²) in [4.78, 5) is 11.1. The van der Waals surface area contributed by atoms with Crippen molar-refractivity contribution in [3.8, 4) is 11.1 Å². The van der Waals surface area contributed by atoms with Crippen molar-refractivity contribution in [2.45, 2.75) is 153 Å². The fraction of sp³-hybridized carbons (Fsp3) is 0.308. The maximum Gasteiger partial charge on any atom is 0.252 e. The summed E-state index contributed by atoms with van der Waals surface area (Å²) in [6, 6.07) is 74.3. The van der Waals surface area contributed by atoms with Crippen LogP contribution in [0.25, 0.3) is 31.3 Å². The molecule has 0 saturated heterocycles. The molecule has 5 heterocycles. The number of hydrogen-bond acceptors (Lipinski definition) is 5. The second kappa shape index (κ2) is 18.0. The smallest absolute Gasteiger partial charge is 0.252 e. The van der Waals surface area contributed by atoms with Gasteiger partial charge in [0.1, 0.15) is 0 Å². The molecule has 9 aromatic carbocycles. The predicted molar refractivity (Wildman–Crippen MR) is 362 cm³/mol. The molecule has 418 valence electrons. The van der Waals surface area contributed by atoms with Crippen LogP contribution in [0.5, 0.6) is 0 Å². The van der Waals surface area contributed by atoms with E-state index in [2.05, 4.69) is 277 Å². The Balaban J connectivity index is 1.06. The molecule has 0 N–H and O–H groups in total. The zero-order chi connectivity index (χ0) is 57.5. The van der Waals surface area contributed by atoms with E-state index in [0.29, 0.717) is 0 Å². The van der Waals surface area contributed by atoms with Gasteiger partial charge in [-0.05, 0) is 167 Å². The van der Waals surface area contributed by atoms with Crippen molar-refractivity contribution in [2.75, 3.05) is 19.6 Å². The lowest BCUT2D eigenvalue weighted by Gasteiger charge is -2.51. The molecule has 2 fully saturated rings. The van der Waals surface area contributed by atoms with E-state index in [9.17, 15) is 0 Å². The Bertz CT molecular complexity index is 4370. The Morgan fingerprint density at radius 2 is 0.905 bits per heavy atom. The minimum absolute atomic E-state index is 0.0139. The Morgan fingerprint density at radius 3 is 1.56 bits per heavy atom.